The van der Waals surface area contributed by atoms with Crippen LogP contribution in [0.15, 0.2) is 12.2 Å². The lowest BCUT2D eigenvalue weighted by molar-refractivity contribution is -0.00722. The third-order valence-electron chi connectivity index (χ3n) is 2.23. The van der Waals surface area contributed by atoms with E-state index in [1.807, 2.05) is 6.08 Å². The first-order chi connectivity index (χ1) is 7.35. The summed E-state index contributed by atoms with van der Waals surface area (Å²) in [6.45, 7) is 2.43. The molecule has 0 aliphatic rings. The van der Waals surface area contributed by atoms with Gasteiger partial charge in [0.1, 0.15) is 6.10 Å². The standard InChI is InChI=1S/C12H24O3/c1-2-3-4-5-6-7-8-9-15-12(10-13)11-14/h7-8,12-14H,2-6,9-11H2,1H3/b8-7+. The fraction of sp³-hybridized carbons (Fsp3) is 0.833. The van der Waals surface area contributed by atoms with E-state index in [1.165, 1.54) is 25.7 Å². The minimum absolute atomic E-state index is 0.124. The van der Waals surface area contributed by atoms with Gasteiger partial charge in [-0.3, -0.25) is 0 Å². The Morgan fingerprint density at radius 2 is 1.80 bits per heavy atom. The van der Waals surface area contributed by atoms with Crippen LogP contribution in [0.3, 0.4) is 0 Å². The maximum Gasteiger partial charge on any atom is 0.104 e. The van der Waals surface area contributed by atoms with Crippen LogP contribution in [0.2, 0.25) is 0 Å². The van der Waals surface area contributed by atoms with E-state index in [9.17, 15) is 0 Å². The molecule has 0 aromatic heterocycles. The lowest BCUT2D eigenvalue weighted by atomic mass is 10.1. The van der Waals surface area contributed by atoms with Gasteiger partial charge in [-0.1, -0.05) is 38.3 Å². The quantitative estimate of drug-likeness (QED) is 0.433. The van der Waals surface area contributed by atoms with Gasteiger partial charge in [-0.2, -0.15) is 0 Å². The summed E-state index contributed by atoms with van der Waals surface area (Å²) in [4.78, 5) is 0. The minimum Gasteiger partial charge on any atom is -0.394 e. The van der Waals surface area contributed by atoms with Crippen molar-refractivity contribution in [2.75, 3.05) is 19.8 Å². The van der Waals surface area contributed by atoms with E-state index in [0.29, 0.717) is 6.61 Å². The Kier molecular flexibility index (Phi) is 11.4. The van der Waals surface area contributed by atoms with Gasteiger partial charge in [0.25, 0.3) is 0 Å². The highest BCUT2D eigenvalue weighted by molar-refractivity contribution is 4.81. The Morgan fingerprint density at radius 1 is 1.07 bits per heavy atom. The predicted octanol–water partition coefficient (Wildman–Crippen LogP) is 1.88. The zero-order valence-electron chi connectivity index (χ0n) is 9.69. The van der Waals surface area contributed by atoms with E-state index in [2.05, 4.69) is 13.0 Å². The number of aliphatic hydroxyl groups is 2. The Balaban J connectivity index is 3.23. The van der Waals surface area contributed by atoms with Crippen molar-refractivity contribution in [3.05, 3.63) is 12.2 Å². The average Bonchev–Trinajstić information content (AvgIpc) is 2.27. The maximum atomic E-state index is 8.72. The van der Waals surface area contributed by atoms with Gasteiger partial charge in [-0.15, -0.1) is 0 Å². The summed E-state index contributed by atoms with van der Waals surface area (Å²) in [5, 5.41) is 17.4. The van der Waals surface area contributed by atoms with Crippen LogP contribution in [-0.4, -0.2) is 36.1 Å². The zero-order valence-corrected chi connectivity index (χ0v) is 9.69. The highest BCUT2D eigenvalue weighted by atomic mass is 16.5. The van der Waals surface area contributed by atoms with E-state index in [4.69, 9.17) is 14.9 Å². The second kappa shape index (κ2) is 11.7. The Hall–Kier alpha value is -0.380. The highest BCUT2D eigenvalue weighted by Crippen LogP contribution is 2.02. The van der Waals surface area contributed by atoms with Crippen LogP contribution in [0, 0.1) is 0 Å². The summed E-state index contributed by atoms with van der Waals surface area (Å²) in [5.74, 6) is 0. The van der Waals surface area contributed by atoms with Crippen LogP contribution in [0.4, 0.5) is 0 Å². The molecule has 3 heteroatoms. The van der Waals surface area contributed by atoms with E-state index < -0.39 is 6.10 Å². The van der Waals surface area contributed by atoms with E-state index in [1.54, 1.807) is 0 Å². The third kappa shape index (κ3) is 9.91. The molecular weight excluding hydrogens is 192 g/mol. The van der Waals surface area contributed by atoms with Gasteiger partial charge in [0, 0.05) is 0 Å². The van der Waals surface area contributed by atoms with Gasteiger partial charge < -0.3 is 14.9 Å². The maximum absolute atomic E-state index is 8.72. The van der Waals surface area contributed by atoms with Crippen molar-refractivity contribution >= 4 is 0 Å². The van der Waals surface area contributed by atoms with E-state index in [0.717, 1.165) is 6.42 Å². The second-order valence-corrected chi connectivity index (χ2v) is 3.64. The molecule has 90 valence electrons. The van der Waals surface area contributed by atoms with Crippen LogP contribution in [0.25, 0.3) is 0 Å². The minimum atomic E-state index is -0.435. The van der Waals surface area contributed by atoms with Crippen LogP contribution >= 0.6 is 0 Å². The first kappa shape index (κ1) is 14.6. The van der Waals surface area contributed by atoms with Crippen LogP contribution < -0.4 is 0 Å². The molecule has 0 saturated carbocycles. The second-order valence-electron chi connectivity index (χ2n) is 3.64. The molecule has 15 heavy (non-hydrogen) atoms. The van der Waals surface area contributed by atoms with Gasteiger partial charge in [-0.05, 0) is 12.8 Å². The topological polar surface area (TPSA) is 49.7 Å². The Morgan fingerprint density at radius 3 is 2.40 bits per heavy atom. The van der Waals surface area contributed by atoms with Crippen molar-refractivity contribution in [1.82, 2.24) is 0 Å². The van der Waals surface area contributed by atoms with Crippen molar-refractivity contribution in [3.63, 3.8) is 0 Å². The molecule has 0 bridgehead atoms. The molecule has 0 fully saturated rings. The third-order valence-corrected chi connectivity index (χ3v) is 2.23. The molecule has 0 aliphatic heterocycles. The Labute approximate surface area is 92.8 Å². The average molecular weight is 216 g/mol. The van der Waals surface area contributed by atoms with Gasteiger partial charge >= 0.3 is 0 Å². The normalized spacial score (nSPS) is 11.7. The fourth-order valence-corrected chi connectivity index (χ4v) is 1.23. The number of rotatable bonds is 10. The Bertz CT molecular complexity index is 142. The number of allylic oxidation sites excluding steroid dienone is 1. The molecule has 0 heterocycles. The number of hydrogen-bond acceptors (Lipinski definition) is 3. The van der Waals surface area contributed by atoms with E-state index >= 15 is 0 Å². The van der Waals surface area contributed by atoms with Crippen LogP contribution in [-0.2, 0) is 4.74 Å². The summed E-state index contributed by atoms with van der Waals surface area (Å²) in [5.41, 5.74) is 0. The zero-order chi connectivity index (χ0) is 11.4. The molecule has 0 aromatic rings. The van der Waals surface area contributed by atoms with Crippen LogP contribution in [0.1, 0.15) is 39.0 Å². The summed E-state index contributed by atoms with van der Waals surface area (Å²) < 4.78 is 5.18. The lowest BCUT2D eigenvalue weighted by Gasteiger charge is -2.09. The summed E-state index contributed by atoms with van der Waals surface area (Å²) >= 11 is 0. The van der Waals surface area contributed by atoms with Crippen molar-refractivity contribution in [2.24, 2.45) is 0 Å². The monoisotopic (exact) mass is 216 g/mol. The molecular formula is C12H24O3. The molecule has 0 amide bonds. The summed E-state index contributed by atoms with van der Waals surface area (Å²) in [6, 6.07) is 0. The van der Waals surface area contributed by atoms with Crippen molar-refractivity contribution in [1.29, 1.82) is 0 Å². The highest BCUT2D eigenvalue weighted by Gasteiger charge is 2.02. The van der Waals surface area contributed by atoms with Gasteiger partial charge in [0.2, 0.25) is 0 Å². The van der Waals surface area contributed by atoms with Crippen molar-refractivity contribution in [3.8, 4) is 0 Å². The van der Waals surface area contributed by atoms with Crippen molar-refractivity contribution < 1.29 is 14.9 Å². The van der Waals surface area contributed by atoms with E-state index in [-0.39, 0.29) is 13.2 Å². The van der Waals surface area contributed by atoms with Crippen LogP contribution in [0.5, 0.6) is 0 Å². The summed E-state index contributed by atoms with van der Waals surface area (Å²) in [7, 11) is 0. The molecule has 0 aliphatic carbocycles. The van der Waals surface area contributed by atoms with Gasteiger partial charge in [0.15, 0.2) is 0 Å². The lowest BCUT2D eigenvalue weighted by Crippen LogP contribution is -2.21. The first-order valence-corrected chi connectivity index (χ1v) is 5.83. The number of aliphatic hydroxyl groups excluding tert-OH is 2. The smallest absolute Gasteiger partial charge is 0.104 e. The first-order valence-electron chi connectivity index (χ1n) is 5.83. The largest absolute Gasteiger partial charge is 0.394 e. The molecule has 0 aromatic carbocycles. The molecule has 2 N–H and O–H groups in total. The molecule has 0 saturated heterocycles. The summed E-state index contributed by atoms with van der Waals surface area (Å²) in [6.07, 6.45) is 9.79. The number of hydrogen-bond donors (Lipinski definition) is 2. The van der Waals surface area contributed by atoms with Gasteiger partial charge in [-0.25, -0.2) is 0 Å². The molecule has 0 spiro atoms. The fourth-order valence-electron chi connectivity index (χ4n) is 1.23. The SMILES string of the molecule is CCCCCC/C=C/COC(CO)CO. The molecule has 3 nitrogen and oxygen atoms in total. The molecule has 0 unspecified atom stereocenters. The number of unbranched alkanes of at least 4 members (excludes halogenated alkanes) is 4. The van der Waals surface area contributed by atoms with Crippen molar-refractivity contribution in [2.45, 2.75) is 45.1 Å². The molecule has 0 radical (unpaired) electrons. The molecule has 0 rings (SSSR count). The number of ether oxygens (including phenoxy) is 1. The van der Waals surface area contributed by atoms with Gasteiger partial charge in [0.05, 0.1) is 19.8 Å². The molecule has 0 atom stereocenters. The predicted molar refractivity (Wildman–Crippen MR) is 61.8 cm³/mol.